The molecule has 0 amide bonds. The van der Waals surface area contributed by atoms with E-state index >= 15 is 0 Å². The molecular weight excluding hydrogens is 331 g/mol. The lowest BCUT2D eigenvalue weighted by molar-refractivity contribution is 0.180. The molecule has 0 saturated heterocycles. The summed E-state index contributed by atoms with van der Waals surface area (Å²) in [4.78, 5) is 19.3. The minimum atomic E-state index is -0.0396. The molecule has 1 aromatic heterocycles. The molecule has 1 aromatic rings. The normalized spacial score (nSPS) is 24.2. The van der Waals surface area contributed by atoms with Crippen molar-refractivity contribution in [2.24, 2.45) is 5.92 Å². The van der Waals surface area contributed by atoms with Crippen LogP contribution in [0.25, 0.3) is 0 Å². The number of nitrogens with one attached hydrogen (secondary N) is 1. The molecule has 2 atom stereocenters. The molecule has 1 saturated carbocycles. The van der Waals surface area contributed by atoms with Gasteiger partial charge in [0, 0.05) is 13.0 Å². The van der Waals surface area contributed by atoms with E-state index < -0.39 is 0 Å². The number of halogens is 1. The number of ether oxygens (including phenoxy) is 1. The average Bonchev–Trinajstić information content (AvgIpc) is 2.71. The SMILES string of the molecule is COCc1nc(C2CCC(C)C2)[nH]c(=O)c1I. The first kappa shape index (κ1) is 13.0. The third-order valence-electron chi connectivity index (χ3n) is 3.31. The maximum absolute atomic E-state index is 11.8. The Morgan fingerprint density at radius 3 is 2.88 bits per heavy atom. The Kier molecular flexibility index (Phi) is 4.19. The molecule has 0 bridgehead atoms. The van der Waals surface area contributed by atoms with Gasteiger partial charge in [-0.25, -0.2) is 4.98 Å². The first-order chi connectivity index (χ1) is 8.11. The van der Waals surface area contributed by atoms with Gasteiger partial charge in [0.1, 0.15) is 9.39 Å². The van der Waals surface area contributed by atoms with Crippen molar-refractivity contribution >= 4 is 22.6 Å². The lowest BCUT2D eigenvalue weighted by atomic mass is 10.1. The van der Waals surface area contributed by atoms with E-state index in [1.807, 2.05) is 22.6 Å². The first-order valence-electron chi connectivity index (χ1n) is 5.89. The van der Waals surface area contributed by atoms with E-state index in [0.29, 0.717) is 16.1 Å². The highest BCUT2D eigenvalue weighted by Crippen LogP contribution is 2.36. The van der Waals surface area contributed by atoms with E-state index in [1.54, 1.807) is 7.11 Å². The van der Waals surface area contributed by atoms with Gasteiger partial charge in [-0.3, -0.25) is 4.79 Å². The number of hydrogen-bond donors (Lipinski definition) is 1. The number of methoxy groups -OCH3 is 1. The molecule has 1 heterocycles. The maximum Gasteiger partial charge on any atom is 0.264 e. The standard InChI is InChI=1S/C12H17IN2O2/c1-7-3-4-8(5-7)11-14-9(6-17-2)10(13)12(16)15-11/h7-8H,3-6H2,1-2H3,(H,14,15,16). The highest BCUT2D eigenvalue weighted by atomic mass is 127. The van der Waals surface area contributed by atoms with Crippen LogP contribution >= 0.6 is 22.6 Å². The van der Waals surface area contributed by atoms with Gasteiger partial charge in [-0.2, -0.15) is 0 Å². The summed E-state index contributed by atoms with van der Waals surface area (Å²) in [5, 5.41) is 0. The summed E-state index contributed by atoms with van der Waals surface area (Å²) in [6.07, 6.45) is 3.47. The fraction of sp³-hybridized carbons (Fsp3) is 0.667. The van der Waals surface area contributed by atoms with E-state index in [-0.39, 0.29) is 5.56 Å². The summed E-state index contributed by atoms with van der Waals surface area (Å²) in [7, 11) is 1.62. The van der Waals surface area contributed by atoms with Gasteiger partial charge < -0.3 is 9.72 Å². The fourth-order valence-electron chi connectivity index (χ4n) is 2.41. The molecule has 1 aliphatic rings. The van der Waals surface area contributed by atoms with Crippen molar-refractivity contribution in [2.45, 2.75) is 38.7 Å². The molecule has 2 unspecified atom stereocenters. The van der Waals surface area contributed by atoms with Gasteiger partial charge in [0.05, 0.1) is 12.3 Å². The van der Waals surface area contributed by atoms with Crippen LogP contribution in [0.2, 0.25) is 0 Å². The molecule has 5 heteroatoms. The zero-order valence-electron chi connectivity index (χ0n) is 10.1. The predicted octanol–water partition coefficient (Wildman–Crippen LogP) is 2.42. The summed E-state index contributed by atoms with van der Waals surface area (Å²) in [5.41, 5.74) is 0.716. The fourth-order valence-corrected chi connectivity index (χ4v) is 2.82. The second kappa shape index (κ2) is 5.48. The molecule has 17 heavy (non-hydrogen) atoms. The summed E-state index contributed by atoms with van der Waals surface area (Å²) in [6, 6.07) is 0. The van der Waals surface area contributed by atoms with Crippen molar-refractivity contribution in [3.63, 3.8) is 0 Å². The molecule has 1 N–H and O–H groups in total. The van der Waals surface area contributed by atoms with Gasteiger partial charge in [0.25, 0.3) is 5.56 Å². The quantitative estimate of drug-likeness (QED) is 0.854. The molecule has 0 radical (unpaired) electrons. The van der Waals surface area contributed by atoms with E-state index in [0.717, 1.165) is 30.3 Å². The van der Waals surface area contributed by atoms with Crippen LogP contribution in [-0.4, -0.2) is 17.1 Å². The lowest BCUT2D eigenvalue weighted by Gasteiger charge is -2.11. The summed E-state index contributed by atoms with van der Waals surface area (Å²) >= 11 is 2.03. The first-order valence-corrected chi connectivity index (χ1v) is 6.97. The summed E-state index contributed by atoms with van der Waals surface area (Å²) < 4.78 is 5.72. The molecule has 0 aromatic carbocycles. The van der Waals surface area contributed by atoms with Crippen LogP contribution in [0.1, 0.15) is 43.6 Å². The average molecular weight is 348 g/mol. The van der Waals surface area contributed by atoms with Crippen LogP contribution in [0.15, 0.2) is 4.79 Å². The second-order valence-corrected chi connectivity index (χ2v) is 5.84. The van der Waals surface area contributed by atoms with Gasteiger partial charge in [0.15, 0.2) is 0 Å². The van der Waals surface area contributed by atoms with Gasteiger partial charge in [-0.15, -0.1) is 0 Å². The Morgan fingerprint density at radius 2 is 2.29 bits per heavy atom. The molecule has 1 fully saturated rings. The monoisotopic (exact) mass is 348 g/mol. The topological polar surface area (TPSA) is 55.0 Å². The molecular formula is C12H17IN2O2. The Labute approximate surface area is 114 Å². The van der Waals surface area contributed by atoms with Crippen molar-refractivity contribution < 1.29 is 4.74 Å². The minimum Gasteiger partial charge on any atom is -0.378 e. The van der Waals surface area contributed by atoms with Crippen LogP contribution in [0.4, 0.5) is 0 Å². The minimum absolute atomic E-state index is 0.0396. The van der Waals surface area contributed by atoms with Gasteiger partial charge in [0.2, 0.25) is 0 Å². The molecule has 4 nitrogen and oxygen atoms in total. The van der Waals surface area contributed by atoms with Crippen molar-refractivity contribution in [2.75, 3.05) is 7.11 Å². The van der Waals surface area contributed by atoms with Crippen LogP contribution < -0.4 is 5.56 Å². The highest BCUT2D eigenvalue weighted by Gasteiger charge is 2.25. The molecule has 2 rings (SSSR count). The van der Waals surface area contributed by atoms with E-state index in [4.69, 9.17) is 4.74 Å². The van der Waals surface area contributed by atoms with E-state index in [9.17, 15) is 4.79 Å². The van der Waals surface area contributed by atoms with Gasteiger partial charge in [-0.05, 0) is 47.8 Å². The third-order valence-corrected chi connectivity index (χ3v) is 4.42. The number of H-pyrrole nitrogens is 1. The van der Waals surface area contributed by atoms with Gasteiger partial charge in [-0.1, -0.05) is 6.92 Å². The second-order valence-electron chi connectivity index (χ2n) is 4.76. The highest BCUT2D eigenvalue weighted by molar-refractivity contribution is 14.1. The molecule has 0 aliphatic heterocycles. The molecule has 94 valence electrons. The number of hydrogen-bond acceptors (Lipinski definition) is 3. The number of aromatic nitrogens is 2. The Bertz CT molecular complexity index is 458. The smallest absolute Gasteiger partial charge is 0.264 e. The van der Waals surface area contributed by atoms with E-state index in [1.165, 1.54) is 6.42 Å². The summed E-state index contributed by atoms with van der Waals surface area (Å²) in [5.74, 6) is 1.98. The van der Waals surface area contributed by atoms with Crippen LogP contribution in [0.5, 0.6) is 0 Å². The largest absolute Gasteiger partial charge is 0.378 e. The lowest BCUT2D eigenvalue weighted by Crippen LogP contribution is -2.20. The number of rotatable bonds is 3. The molecule has 0 spiro atoms. The third kappa shape index (κ3) is 2.88. The Hall–Kier alpha value is -0.430. The predicted molar refractivity (Wildman–Crippen MR) is 74.0 cm³/mol. The summed E-state index contributed by atoms with van der Waals surface area (Å²) in [6.45, 7) is 2.65. The maximum atomic E-state index is 11.8. The number of aromatic amines is 1. The van der Waals surface area contributed by atoms with Gasteiger partial charge >= 0.3 is 0 Å². The zero-order chi connectivity index (χ0) is 12.4. The Balaban J connectivity index is 2.32. The van der Waals surface area contributed by atoms with Crippen molar-refractivity contribution in [1.29, 1.82) is 0 Å². The van der Waals surface area contributed by atoms with Crippen molar-refractivity contribution in [3.05, 3.63) is 25.4 Å². The van der Waals surface area contributed by atoms with Crippen molar-refractivity contribution in [3.8, 4) is 0 Å². The molecule has 1 aliphatic carbocycles. The van der Waals surface area contributed by atoms with E-state index in [2.05, 4.69) is 16.9 Å². The van der Waals surface area contributed by atoms with Crippen LogP contribution in [0, 0.1) is 9.49 Å². The van der Waals surface area contributed by atoms with Crippen LogP contribution in [-0.2, 0) is 11.3 Å². The van der Waals surface area contributed by atoms with Crippen molar-refractivity contribution in [1.82, 2.24) is 9.97 Å². The number of nitrogens with zero attached hydrogens (tertiary/aromatic N) is 1. The Morgan fingerprint density at radius 1 is 1.53 bits per heavy atom. The zero-order valence-corrected chi connectivity index (χ0v) is 12.3. The van der Waals surface area contributed by atoms with Crippen LogP contribution in [0.3, 0.4) is 0 Å².